The Hall–Kier alpha value is -0.480. The maximum atomic E-state index is 9.39. The number of ether oxygens (including phenoxy) is 1. The molecule has 0 aliphatic carbocycles. The Morgan fingerprint density at radius 3 is 3.00 bits per heavy atom. The van der Waals surface area contributed by atoms with Crippen LogP contribution in [0.15, 0.2) is 12.5 Å². The van der Waals surface area contributed by atoms with Crippen LogP contribution in [-0.4, -0.2) is 37.6 Å². The highest BCUT2D eigenvalue weighted by molar-refractivity contribution is 14.1. The third kappa shape index (κ3) is 2.91. The number of nitrogens with zero attached hydrogens (tertiary/aromatic N) is 3. The van der Waals surface area contributed by atoms with Gasteiger partial charge in [0.05, 0.1) is 5.39 Å². The van der Waals surface area contributed by atoms with E-state index in [1.54, 1.807) is 4.57 Å². The number of aliphatic hydroxyl groups is 2. The average molecular weight is 384 g/mol. The van der Waals surface area contributed by atoms with Crippen LogP contribution in [0.5, 0.6) is 0 Å². The number of aliphatic hydroxyl groups excluding tert-OH is 2. The van der Waals surface area contributed by atoms with Gasteiger partial charge in [-0.05, 0) is 22.6 Å². The predicted molar refractivity (Wildman–Crippen MR) is 74.0 cm³/mol. The molecule has 2 aromatic heterocycles. The molecule has 0 radical (unpaired) electrons. The van der Waals surface area contributed by atoms with Crippen LogP contribution in [0, 0.1) is 3.57 Å². The van der Waals surface area contributed by atoms with Crippen molar-refractivity contribution in [2.75, 3.05) is 6.61 Å². The molecule has 0 aliphatic rings. The van der Waals surface area contributed by atoms with Crippen molar-refractivity contribution in [1.82, 2.24) is 14.5 Å². The molecule has 98 valence electrons. The second kappa shape index (κ2) is 6.11. The zero-order valence-corrected chi connectivity index (χ0v) is 12.2. The SMILES string of the molecule is OCCC(O)OCn1cc(I)c2c(Cl)ncnc21. The van der Waals surface area contributed by atoms with E-state index < -0.39 is 6.29 Å². The molecule has 2 N–H and O–H groups in total. The minimum Gasteiger partial charge on any atom is -0.396 e. The first-order chi connectivity index (χ1) is 8.63. The molecule has 0 fully saturated rings. The number of fused-ring (bicyclic) bond motifs is 1. The lowest BCUT2D eigenvalue weighted by Gasteiger charge is -2.11. The smallest absolute Gasteiger partial charge is 0.159 e. The van der Waals surface area contributed by atoms with E-state index in [1.165, 1.54) is 6.33 Å². The molecule has 18 heavy (non-hydrogen) atoms. The van der Waals surface area contributed by atoms with Gasteiger partial charge in [0.2, 0.25) is 0 Å². The monoisotopic (exact) mass is 383 g/mol. The summed E-state index contributed by atoms with van der Waals surface area (Å²) in [6.07, 6.45) is 2.37. The molecule has 0 saturated carbocycles. The van der Waals surface area contributed by atoms with Gasteiger partial charge in [-0.25, -0.2) is 9.97 Å². The van der Waals surface area contributed by atoms with Crippen LogP contribution in [0.25, 0.3) is 11.0 Å². The van der Waals surface area contributed by atoms with Gasteiger partial charge in [-0.3, -0.25) is 0 Å². The highest BCUT2D eigenvalue weighted by Crippen LogP contribution is 2.26. The molecule has 0 saturated heterocycles. The Bertz CT molecular complexity index is 548. The highest BCUT2D eigenvalue weighted by Gasteiger charge is 2.13. The normalized spacial score (nSPS) is 13.1. The van der Waals surface area contributed by atoms with Crippen LogP contribution in [0.3, 0.4) is 0 Å². The van der Waals surface area contributed by atoms with Crippen molar-refractivity contribution >= 4 is 45.2 Å². The summed E-state index contributed by atoms with van der Waals surface area (Å²) < 4.78 is 7.82. The van der Waals surface area contributed by atoms with Gasteiger partial charge in [-0.15, -0.1) is 0 Å². The van der Waals surface area contributed by atoms with E-state index in [0.717, 1.165) is 8.96 Å². The number of hydrogen-bond acceptors (Lipinski definition) is 5. The summed E-state index contributed by atoms with van der Waals surface area (Å²) >= 11 is 8.13. The molecule has 6 nitrogen and oxygen atoms in total. The average Bonchev–Trinajstić information content (AvgIpc) is 2.65. The zero-order chi connectivity index (χ0) is 13.1. The van der Waals surface area contributed by atoms with E-state index in [1.807, 2.05) is 6.20 Å². The van der Waals surface area contributed by atoms with Crippen molar-refractivity contribution in [2.24, 2.45) is 0 Å². The summed E-state index contributed by atoms with van der Waals surface area (Å²) in [5, 5.41) is 19.2. The van der Waals surface area contributed by atoms with Crippen LogP contribution < -0.4 is 0 Å². The minimum atomic E-state index is -0.998. The second-order valence-corrected chi connectivity index (χ2v) is 5.09. The van der Waals surface area contributed by atoms with E-state index >= 15 is 0 Å². The van der Waals surface area contributed by atoms with E-state index in [0.29, 0.717) is 10.8 Å². The fourth-order valence-electron chi connectivity index (χ4n) is 1.50. The molecule has 0 bridgehead atoms. The molecule has 0 aliphatic heterocycles. The van der Waals surface area contributed by atoms with Crippen LogP contribution in [-0.2, 0) is 11.5 Å². The summed E-state index contributed by atoms with van der Waals surface area (Å²) in [7, 11) is 0. The van der Waals surface area contributed by atoms with Crippen molar-refractivity contribution in [3.05, 3.63) is 21.2 Å². The lowest BCUT2D eigenvalue weighted by atomic mass is 10.4. The molecule has 0 aromatic carbocycles. The Balaban J connectivity index is 2.22. The van der Waals surface area contributed by atoms with E-state index in [9.17, 15) is 5.11 Å². The minimum absolute atomic E-state index is 0.126. The van der Waals surface area contributed by atoms with E-state index in [4.69, 9.17) is 21.4 Å². The van der Waals surface area contributed by atoms with E-state index in [-0.39, 0.29) is 19.8 Å². The predicted octanol–water partition coefficient (Wildman–Crippen LogP) is 1.36. The molecule has 2 heterocycles. The van der Waals surface area contributed by atoms with Gasteiger partial charge in [-0.1, -0.05) is 11.6 Å². The first kappa shape index (κ1) is 13.9. The van der Waals surface area contributed by atoms with Gasteiger partial charge in [0.25, 0.3) is 0 Å². The van der Waals surface area contributed by atoms with E-state index in [2.05, 4.69) is 32.6 Å². The Labute approximate surface area is 122 Å². The third-order valence-electron chi connectivity index (χ3n) is 2.34. The fourth-order valence-corrected chi connectivity index (χ4v) is 2.72. The zero-order valence-electron chi connectivity index (χ0n) is 9.25. The van der Waals surface area contributed by atoms with Crippen molar-refractivity contribution in [2.45, 2.75) is 19.4 Å². The summed E-state index contributed by atoms with van der Waals surface area (Å²) in [5.74, 6) is 0. The lowest BCUT2D eigenvalue weighted by molar-refractivity contribution is -0.132. The molecule has 2 rings (SSSR count). The summed E-state index contributed by atoms with van der Waals surface area (Å²) in [6.45, 7) is 0.00708. The standard InChI is InChI=1S/C10H11ClIN3O3/c11-9-8-6(12)3-15(10(8)14-4-13-9)5-18-7(17)1-2-16/h3-4,7,16-17H,1-2,5H2. The van der Waals surface area contributed by atoms with Crippen molar-refractivity contribution < 1.29 is 14.9 Å². The largest absolute Gasteiger partial charge is 0.396 e. The number of halogens is 2. The Morgan fingerprint density at radius 1 is 1.50 bits per heavy atom. The number of hydrogen-bond donors (Lipinski definition) is 2. The molecule has 2 aromatic rings. The molecular formula is C10H11ClIN3O3. The molecule has 0 spiro atoms. The topological polar surface area (TPSA) is 80.4 Å². The van der Waals surface area contributed by atoms with Crippen molar-refractivity contribution in [1.29, 1.82) is 0 Å². The molecule has 1 unspecified atom stereocenters. The first-order valence-electron chi connectivity index (χ1n) is 5.19. The second-order valence-electron chi connectivity index (χ2n) is 3.57. The summed E-state index contributed by atoms with van der Waals surface area (Å²) in [4.78, 5) is 8.06. The molecule has 0 amide bonds. The maximum absolute atomic E-state index is 9.39. The summed E-state index contributed by atoms with van der Waals surface area (Å²) in [5.41, 5.74) is 0.649. The van der Waals surface area contributed by atoms with Gasteiger partial charge in [-0.2, -0.15) is 0 Å². The number of rotatable bonds is 5. The summed E-state index contributed by atoms with van der Waals surface area (Å²) in [6, 6.07) is 0. The third-order valence-corrected chi connectivity index (χ3v) is 3.45. The van der Waals surface area contributed by atoms with Gasteiger partial charge in [0.1, 0.15) is 23.9 Å². The quantitative estimate of drug-likeness (QED) is 0.463. The molecular weight excluding hydrogens is 372 g/mol. The number of aromatic nitrogens is 3. The maximum Gasteiger partial charge on any atom is 0.159 e. The Morgan fingerprint density at radius 2 is 2.28 bits per heavy atom. The van der Waals surface area contributed by atoms with Crippen LogP contribution in [0.4, 0.5) is 0 Å². The lowest BCUT2D eigenvalue weighted by Crippen LogP contribution is -2.16. The van der Waals surface area contributed by atoms with Crippen LogP contribution in [0.2, 0.25) is 5.15 Å². The first-order valence-corrected chi connectivity index (χ1v) is 6.64. The van der Waals surface area contributed by atoms with Crippen LogP contribution >= 0.6 is 34.2 Å². The van der Waals surface area contributed by atoms with Crippen LogP contribution in [0.1, 0.15) is 6.42 Å². The van der Waals surface area contributed by atoms with Gasteiger partial charge < -0.3 is 19.5 Å². The molecule has 1 atom stereocenters. The van der Waals surface area contributed by atoms with Gasteiger partial charge in [0, 0.05) is 22.8 Å². The highest BCUT2D eigenvalue weighted by atomic mass is 127. The van der Waals surface area contributed by atoms with Crippen molar-refractivity contribution in [3.8, 4) is 0 Å². The Kier molecular flexibility index (Phi) is 4.73. The fraction of sp³-hybridized carbons (Fsp3) is 0.400. The van der Waals surface area contributed by atoms with Crippen molar-refractivity contribution in [3.63, 3.8) is 0 Å². The van der Waals surface area contributed by atoms with Gasteiger partial charge in [0.15, 0.2) is 6.29 Å². The molecule has 8 heteroatoms. The van der Waals surface area contributed by atoms with Gasteiger partial charge >= 0.3 is 0 Å².